The SMILES string of the molecule is CCC1CC(NC(=O)OC(C)(C)C)CC1(C)C(=O)O. The van der Waals surface area contributed by atoms with Gasteiger partial charge in [0.15, 0.2) is 0 Å². The van der Waals surface area contributed by atoms with Gasteiger partial charge in [0.05, 0.1) is 5.41 Å². The van der Waals surface area contributed by atoms with Crippen LogP contribution in [0.3, 0.4) is 0 Å². The van der Waals surface area contributed by atoms with Gasteiger partial charge in [0.1, 0.15) is 5.60 Å². The monoisotopic (exact) mass is 271 g/mol. The van der Waals surface area contributed by atoms with Crippen molar-refractivity contribution in [3.63, 3.8) is 0 Å². The smallest absolute Gasteiger partial charge is 0.407 e. The Hall–Kier alpha value is -1.26. The molecule has 0 aromatic heterocycles. The Labute approximate surface area is 114 Å². The van der Waals surface area contributed by atoms with Gasteiger partial charge in [-0.1, -0.05) is 13.3 Å². The Kier molecular flexibility index (Phi) is 4.48. The molecule has 0 bridgehead atoms. The zero-order chi connectivity index (χ0) is 14.8. The van der Waals surface area contributed by atoms with Crippen LogP contribution in [-0.4, -0.2) is 28.8 Å². The molecule has 1 aliphatic rings. The molecular formula is C14H25NO4. The van der Waals surface area contributed by atoms with Gasteiger partial charge < -0.3 is 15.2 Å². The van der Waals surface area contributed by atoms with Gasteiger partial charge in [-0.05, 0) is 46.5 Å². The molecule has 0 saturated heterocycles. The summed E-state index contributed by atoms with van der Waals surface area (Å²) in [6.07, 6.45) is 1.48. The molecule has 5 heteroatoms. The van der Waals surface area contributed by atoms with Crippen molar-refractivity contribution in [2.75, 3.05) is 0 Å². The van der Waals surface area contributed by atoms with E-state index in [0.717, 1.165) is 6.42 Å². The molecule has 0 spiro atoms. The van der Waals surface area contributed by atoms with Gasteiger partial charge in [0.2, 0.25) is 0 Å². The number of ether oxygens (including phenoxy) is 1. The molecule has 0 radical (unpaired) electrons. The number of hydrogen-bond donors (Lipinski definition) is 2. The Morgan fingerprint density at radius 2 is 2.00 bits per heavy atom. The maximum atomic E-state index is 11.7. The van der Waals surface area contributed by atoms with Gasteiger partial charge in [-0.15, -0.1) is 0 Å². The fourth-order valence-corrected chi connectivity index (χ4v) is 2.83. The first-order valence-corrected chi connectivity index (χ1v) is 6.81. The van der Waals surface area contributed by atoms with Gasteiger partial charge in [0.25, 0.3) is 0 Å². The molecule has 0 aromatic carbocycles. The molecule has 5 nitrogen and oxygen atoms in total. The number of nitrogens with one attached hydrogen (secondary N) is 1. The van der Waals surface area contributed by atoms with Crippen molar-refractivity contribution < 1.29 is 19.4 Å². The fraction of sp³-hybridized carbons (Fsp3) is 0.857. The highest BCUT2D eigenvalue weighted by molar-refractivity contribution is 5.75. The molecule has 1 amide bonds. The molecule has 1 saturated carbocycles. The summed E-state index contributed by atoms with van der Waals surface area (Å²) in [4.78, 5) is 23.1. The van der Waals surface area contributed by atoms with Gasteiger partial charge >= 0.3 is 12.1 Å². The molecule has 3 atom stereocenters. The summed E-state index contributed by atoms with van der Waals surface area (Å²) in [6, 6.07) is -0.124. The summed E-state index contributed by atoms with van der Waals surface area (Å²) in [5, 5.41) is 12.2. The van der Waals surface area contributed by atoms with E-state index in [-0.39, 0.29) is 12.0 Å². The van der Waals surface area contributed by atoms with E-state index < -0.39 is 23.1 Å². The lowest BCUT2D eigenvalue weighted by atomic mass is 9.78. The number of carbonyl (C=O) groups is 2. The molecule has 0 aliphatic heterocycles. The maximum Gasteiger partial charge on any atom is 0.407 e. The van der Waals surface area contributed by atoms with E-state index >= 15 is 0 Å². The van der Waals surface area contributed by atoms with Crippen LogP contribution >= 0.6 is 0 Å². The fourth-order valence-electron chi connectivity index (χ4n) is 2.83. The average Bonchev–Trinajstić information content (AvgIpc) is 2.53. The third-order valence-corrected chi connectivity index (χ3v) is 3.84. The molecule has 2 N–H and O–H groups in total. The second-order valence-corrected chi connectivity index (χ2v) is 6.61. The topological polar surface area (TPSA) is 75.6 Å². The van der Waals surface area contributed by atoms with E-state index in [0.29, 0.717) is 12.8 Å². The number of alkyl carbamates (subject to hydrolysis) is 1. The third-order valence-electron chi connectivity index (χ3n) is 3.84. The largest absolute Gasteiger partial charge is 0.481 e. The predicted molar refractivity (Wildman–Crippen MR) is 71.9 cm³/mol. The van der Waals surface area contributed by atoms with E-state index in [4.69, 9.17) is 4.74 Å². The quantitative estimate of drug-likeness (QED) is 0.827. The van der Waals surface area contributed by atoms with Crippen LogP contribution < -0.4 is 5.32 Å². The Bertz CT molecular complexity index is 361. The standard InChI is InChI=1S/C14H25NO4/c1-6-9-7-10(8-14(9,5)11(16)17)15-12(18)19-13(2,3)4/h9-10H,6-8H2,1-5H3,(H,15,18)(H,16,17). The zero-order valence-electron chi connectivity index (χ0n) is 12.4. The summed E-state index contributed by atoms with van der Waals surface area (Å²) in [6.45, 7) is 9.16. The lowest BCUT2D eigenvalue weighted by Gasteiger charge is -2.25. The minimum atomic E-state index is -0.784. The van der Waals surface area contributed by atoms with E-state index in [1.54, 1.807) is 27.7 Å². The van der Waals surface area contributed by atoms with Gasteiger partial charge in [0, 0.05) is 6.04 Å². The van der Waals surface area contributed by atoms with Crippen LogP contribution in [0.5, 0.6) is 0 Å². The van der Waals surface area contributed by atoms with E-state index in [1.165, 1.54) is 0 Å². The van der Waals surface area contributed by atoms with Crippen LogP contribution in [-0.2, 0) is 9.53 Å². The molecule has 1 aliphatic carbocycles. The summed E-state index contributed by atoms with van der Waals surface area (Å²) in [7, 11) is 0. The van der Waals surface area contributed by atoms with Crippen LogP contribution in [0.1, 0.15) is 53.9 Å². The number of aliphatic carboxylic acids is 1. The van der Waals surface area contributed by atoms with Crippen molar-refractivity contribution in [1.29, 1.82) is 0 Å². The molecule has 1 fully saturated rings. The van der Waals surface area contributed by atoms with E-state index in [1.807, 2.05) is 6.92 Å². The van der Waals surface area contributed by atoms with Gasteiger partial charge in [-0.3, -0.25) is 4.79 Å². The van der Waals surface area contributed by atoms with Crippen LogP contribution in [0.25, 0.3) is 0 Å². The van der Waals surface area contributed by atoms with E-state index in [2.05, 4.69) is 5.32 Å². The highest BCUT2D eigenvalue weighted by Gasteiger charge is 2.48. The molecule has 3 unspecified atom stereocenters. The second kappa shape index (κ2) is 5.39. The normalized spacial score (nSPS) is 31.0. The van der Waals surface area contributed by atoms with Crippen molar-refractivity contribution in [3.8, 4) is 0 Å². The first-order chi connectivity index (χ1) is 8.58. The van der Waals surface area contributed by atoms with Crippen molar-refractivity contribution in [2.45, 2.75) is 65.5 Å². The van der Waals surface area contributed by atoms with Gasteiger partial charge in [-0.25, -0.2) is 4.79 Å². The number of rotatable bonds is 3. The first-order valence-electron chi connectivity index (χ1n) is 6.81. The Morgan fingerprint density at radius 3 is 2.37 bits per heavy atom. The number of carbonyl (C=O) groups excluding carboxylic acids is 1. The summed E-state index contributed by atoms with van der Waals surface area (Å²) in [5.41, 5.74) is -1.29. The Balaban J connectivity index is 2.64. The highest BCUT2D eigenvalue weighted by Crippen LogP contribution is 2.45. The molecule has 0 aromatic rings. The lowest BCUT2D eigenvalue weighted by Crippen LogP contribution is -2.39. The van der Waals surface area contributed by atoms with Crippen molar-refractivity contribution in [3.05, 3.63) is 0 Å². The van der Waals surface area contributed by atoms with Crippen LogP contribution in [0.15, 0.2) is 0 Å². The summed E-state index contributed by atoms with van der Waals surface area (Å²) >= 11 is 0. The number of hydrogen-bond acceptors (Lipinski definition) is 3. The minimum Gasteiger partial charge on any atom is -0.481 e. The zero-order valence-corrected chi connectivity index (χ0v) is 12.4. The van der Waals surface area contributed by atoms with Crippen molar-refractivity contribution in [1.82, 2.24) is 5.32 Å². The van der Waals surface area contributed by atoms with Gasteiger partial charge in [-0.2, -0.15) is 0 Å². The number of carboxylic acids is 1. The van der Waals surface area contributed by atoms with Crippen molar-refractivity contribution in [2.24, 2.45) is 11.3 Å². The summed E-state index contributed by atoms with van der Waals surface area (Å²) < 4.78 is 5.20. The summed E-state index contributed by atoms with van der Waals surface area (Å²) in [5.74, 6) is -0.697. The maximum absolute atomic E-state index is 11.7. The van der Waals surface area contributed by atoms with Crippen molar-refractivity contribution >= 4 is 12.1 Å². The highest BCUT2D eigenvalue weighted by atomic mass is 16.6. The minimum absolute atomic E-state index is 0.0879. The third kappa shape index (κ3) is 3.85. The Morgan fingerprint density at radius 1 is 1.42 bits per heavy atom. The first kappa shape index (κ1) is 15.8. The molecule has 110 valence electrons. The molecular weight excluding hydrogens is 246 g/mol. The number of carboxylic acid groups (broad SMARTS) is 1. The predicted octanol–water partition coefficient (Wildman–Crippen LogP) is 2.79. The average molecular weight is 271 g/mol. The van der Waals surface area contributed by atoms with E-state index in [9.17, 15) is 14.7 Å². The van der Waals surface area contributed by atoms with Crippen LogP contribution in [0.2, 0.25) is 0 Å². The second-order valence-electron chi connectivity index (χ2n) is 6.61. The lowest BCUT2D eigenvalue weighted by molar-refractivity contribution is -0.150. The van der Waals surface area contributed by atoms with Crippen LogP contribution in [0.4, 0.5) is 4.79 Å². The molecule has 19 heavy (non-hydrogen) atoms. The number of amides is 1. The molecule has 0 heterocycles. The van der Waals surface area contributed by atoms with Crippen LogP contribution in [0, 0.1) is 11.3 Å². The molecule has 1 rings (SSSR count).